The Kier molecular flexibility index (Phi) is 4.45. The fourth-order valence-electron chi connectivity index (χ4n) is 1.75. The average Bonchev–Trinajstić information content (AvgIpc) is 2.40. The summed E-state index contributed by atoms with van der Waals surface area (Å²) in [5.74, 6) is 0. The van der Waals surface area contributed by atoms with Crippen molar-refractivity contribution in [1.29, 1.82) is 0 Å². The van der Waals surface area contributed by atoms with Crippen molar-refractivity contribution in [2.75, 3.05) is 0 Å². The molecule has 0 saturated carbocycles. The number of hydrogen-bond donors (Lipinski definition) is 0. The number of halogens is 4. The predicted molar refractivity (Wildman–Crippen MR) is 73.4 cm³/mol. The van der Waals surface area contributed by atoms with Gasteiger partial charge in [-0.25, -0.2) is 0 Å². The van der Waals surface area contributed by atoms with Crippen molar-refractivity contribution in [3.63, 3.8) is 0 Å². The van der Waals surface area contributed by atoms with Crippen LogP contribution in [0.1, 0.15) is 16.8 Å². The Morgan fingerprint density at radius 1 is 1.10 bits per heavy atom. The van der Waals surface area contributed by atoms with Gasteiger partial charge < -0.3 is 0 Å². The summed E-state index contributed by atoms with van der Waals surface area (Å²) in [5, 5.41) is 0.619. The highest BCUT2D eigenvalue weighted by Gasteiger charge is 2.34. The van der Waals surface area contributed by atoms with Crippen LogP contribution < -0.4 is 0 Å². The highest BCUT2D eigenvalue weighted by atomic mass is 35.5. The molecule has 0 atom stereocenters. The summed E-state index contributed by atoms with van der Waals surface area (Å²) in [5.41, 5.74) is 0.206. The number of benzene rings is 1. The number of aromatic nitrogens is 1. The number of pyridine rings is 1. The summed E-state index contributed by atoms with van der Waals surface area (Å²) < 4.78 is 38.2. The van der Waals surface area contributed by atoms with E-state index in [2.05, 4.69) is 4.98 Å². The van der Waals surface area contributed by atoms with Crippen molar-refractivity contribution in [3.8, 4) is 0 Å². The lowest BCUT2D eigenvalue weighted by Crippen LogP contribution is -2.11. The van der Waals surface area contributed by atoms with E-state index in [1.807, 2.05) is 0 Å². The second kappa shape index (κ2) is 6.09. The Morgan fingerprint density at radius 2 is 1.80 bits per heavy atom. The standard InChI is InChI=1S/C15H11ClF3N/c16-13-8-6-11(7-9-13)3-1-4-12-5-2-10-20-14(12)15(17,18)19/h1-3,5-10H,4H2. The molecule has 2 rings (SSSR count). The molecule has 1 nitrogen and oxygen atoms in total. The third kappa shape index (κ3) is 3.84. The Labute approximate surface area is 119 Å². The van der Waals surface area contributed by atoms with Crippen molar-refractivity contribution in [2.24, 2.45) is 0 Å². The number of alkyl halides is 3. The van der Waals surface area contributed by atoms with Crippen molar-refractivity contribution in [2.45, 2.75) is 12.6 Å². The minimum absolute atomic E-state index is 0.158. The van der Waals surface area contributed by atoms with Gasteiger partial charge in [-0.05, 0) is 35.7 Å². The molecule has 0 radical (unpaired) electrons. The van der Waals surface area contributed by atoms with Gasteiger partial charge in [-0.1, -0.05) is 42.0 Å². The third-order valence-corrected chi connectivity index (χ3v) is 2.93. The number of allylic oxidation sites excluding steroid dienone is 1. The van der Waals surface area contributed by atoms with Crippen molar-refractivity contribution in [1.82, 2.24) is 4.98 Å². The Hall–Kier alpha value is -1.81. The van der Waals surface area contributed by atoms with Gasteiger partial charge in [0, 0.05) is 11.2 Å². The maximum absolute atomic E-state index is 12.7. The summed E-state index contributed by atoms with van der Waals surface area (Å²) >= 11 is 5.76. The average molecular weight is 298 g/mol. The van der Waals surface area contributed by atoms with Crippen LogP contribution in [0.2, 0.25) is 5.02 Å². The fraction of sp³-hybridized carbons (Fsp3) is 0.133. The molecule has 104 valence electrons. The highest BCUT2D eigenvalue weighted by Crippen LogP contribution is 2.30. The Morgan fingerprint density at radius 3 is 2.45 bits per heavy atom. The summed E-state index contributed by atoms with van der Waals surface area (Å²) in [6, 6.07) is 9.99. The van der Waals surface area contributed by atoms with Crippen LogP contribution in [0.25, 0.3) is 6.08 Å². The molecule has 0 N–H and O–H groups in total. The lowest BCUT2D eigenvalue weighted by atomic mass is 10.1. The summed E-state index contributed by atoms with van der Waals surface area (Å²) in [6.07, 6.45) is 0.324. The first-order chi connectivity index (χ1) is 9.47. The maximum atomic E-state index is 12.7. The molecular formula is C15H11ClF3N. The normalized spacial score (nSPS) is 12.0. The van der Waals surface area contributed by atoms with Crippen molar-refractivity contribution in [3.05, 3.63) is 70.5 Å². The minimum Gasteiger partial charge on any atom is -0.251 e. The van der Waals surface area contributed by atoms with Gasteiger partial charge in [0.15, 0.2) is 0 Å². The summed E-state index contributed by atoms with van der Waals surface area (Å²) in [4.78, 5) is 3.41. The van der Waals surface area contributed by atoms with Gasteiger partial charge in [0.25, 0.3) is 0 Å². The van der Waals surface area contributed by atoms with E-state index < -0.39 is 11.9 Å². The first-order valence-corrected chi connectivity index (χ1v) is 6.28. The van der Waals surface area contributed by atoms with E-state index in [1.54, 1.807) is 36.4 Å². The largest absolute Gasteiger partial charge is 0.433 e. The molecule has 1 heterocycles. The molecule has 0 aliphatic heterocycles. The van der Waals surface area contributed by atoms with Gasteiger partial charge >= 0.3 is 6.18 Å². The SMILES string of the molecule is FC(F)(F)c1ncccc1CC=Cc1ccc(Cl)cc1. The van der Waals surface area contributed by atoms with Gasteiger partial charge in [0.05, 0.1) is 0 Å². The zero-order chi connectivity index (χ0) is 14.6. The highest BCUT2D eigenvalue weighted by molar-refractivity contribution is 6.30. The van der Waals surface area contributed by atoms with Crippen LogP contribution >= 0.6 is 11.6 Å². The van der Waals surface area contributed by atoms with Crippen LogP contribution in [0.5, 0.6) is 0 Å². The zero-order valence-corrected chi connectivity index (χ0v) is 11.1. The van der Waals surface area contributed by atoms with Crippen LogP contribution in [0.3, 0.4) is 0 Å². The second-order valence-corrected chi connectivity index (χ2v) is 4.60. The molecule has 0 unspecified atom stereocenters. The molecule has 20 heavy (non-hydrogen) atoms. The van der Waals surface area contributed by atoms with Crippen molar-refractivity contribution < 1.29 is 13.2 Å². The van der Waals surface area contributed by atoms with Gasteiger partial charge in [-0.3, -0.25) is 4.98 Å². The molecule has 2 aromatic rings. The summed E-state index contributed by atoms with van der Waals surface area (Å²) in [7, 11) is 0. The quantitative estimate of drug-likeness (QED) is 0.776. The lowest BCUT2D eigenvalue weighted by molar-refractivity contribution is -0.141. The van der Waals surface area contributed by atoms with E-state index in [1.165, 1.54) is 12.1 Å². The smallest absolute Gasteiger partial charge is 0.251 e. The van der Waals surface area contributed by atoms with E-state index in [-0.39, 0.29) is 12.0 Å². The van der Waals surface area contributed by atoms with E-state index in [0.29, 0.717) is 5.02 Å². The Balaban J connectivity index is 2.13. The van der Waals surface area contributed by atoms with Gasteiger partial charge in [-0.2, -0.15) is 13.2 Å². The van der Waals surface area contributed by atoms with Crippen LogP contribution in [0, 0.1) is 0 Å². The lowest BCUT2D eigenvalue weighted by Gasteiger charge is -2.09. The molecule has 0 amide bonds. The first-order valence-electron chi connectivity index (χ1n) is 5.90. The molecule has 0 spiro atoms. The second-order valence-electron chi connectivity index (χ2n) is 4.17. The number of rotatable bonds is 3. The zero-order valence-electron chi connectivity index (χ0n) is 10.4. The monoisotopic (exact) mass is 297 g/mol. The number of nitrogens with zero attached hydrogens (tertiary/aromatic N) is 1. The molecule has 0 aliphatic rings. The number of hydrogen-bond acceptors (Lipinski definition) is 1. The van der Waals surface area contributed by atoms with E-state index >= 15 is 0 Å². The molecule has 0 bridgehead atoms. The third-order valence-electron chi connectivity index (χ3n) is 2.68. The molecule has 5 heteroatoms. The van der Waals surface area contributed by atoms with E-state index in [4.69, 9.17) is 11.6 Å². The van der Waals surface area contributed by atoms with Gasteiger partial charge in [0.2, 0.25) is 0 Å². The molecular weight excluding hydrogens is 287 g/mol. The molecule has 0 saturated heterocycles. The molecule has 1 aromatic heterocycles. The van der Waals surface area contributed by atoms with E-state index in [9.17, 15) is 13.2 Å². The van der Waals surface area contributed by atoms with Crippen LogP contribution in [0.15, 0.2) is 48.7 Å². The van der Waals surface area contributed by atoms with Crippen LogP contribution in [0.4, 0.5) is 13.2 Å². The topological polar surface area (TPSA) is 12.9 Å². The van der Waals surface area contributed by atoms with Crippen LogP contribution in [-0.4, -0.2) is 4.98 Å². The van der Waals surface area contributed by atoms with Crippen molar-refractivity contribution >= 4 is 17.7 Å². The molecule has 0 aliphatic carbocycles. The van der Waals surface area contributed by atoms with Gasteiger partial charge in [0.1, 0.15) is 5.69 Å². The van der Waals surface area contributed by atoms with Crippen LogP contribution in [-0.2, 0) is 12.6 Å². The minimum atomic E-state index is -4.43. The molecule has 1 aromatic carbocycles. The van der Waals surface area contributed by atoms with Gasteiger partial charge in [-0.15, -0.1) is 0 Å². The Bertz CT molecular complexity index is 603. The maximum Gasteiger partial charge on any atom is 0.433 e. The summed E-state index contributed by atoms with van der Waals surface area (Å²) in [6.45, 7) is 0. The predicted octanol–water partition coefficient (Wildman–Crippen LogP) is 5.01. The molecule has 0 fully saturated rings. The van der Waals surface area contributed by atoms with E-state index in [0.717, 1.165) is 11.8 Å². The fourth-order valence-corrected chi connectivity index (χ4v) is 1.88. The first kappa shape index (κ1) is 14.6.